The average Bonchev–Trinajstić information content (AvgIpc) is 3.22. The van der Waals surface area contributed by atoms with Gasteiger partial charge in [0.25, 0.3) is 0 Å². The standard InChI is InChI=1S/C18H20FN3O3/c1-22-15(7-9-20-22)18-14(8-10-25-18)21-17(23)6-4-12-3-5-13(19)16(11-12)24-2/h3-7,9,11,14,18H,8,10H2,1-2H3,(H,21,23)/t14-,18-/m0/s1. The third-order valence-corrected chi connectivity index (χ3v) is 4.17. The maximum atomic E-state index is 13.4. The van der Waals surface area contributed by atoms with Crippen molar-refractivity contribution in [1.29, 1.82) is 0 Å². The van der Waals surface area contributed by atoms with Gasteiger partial charge in [0, 0.05) is 25.9 Å². The summed E-state index contributed by atoms with van der Waals surface area (Å²) in [6.07, 6.45) is 5.27. The Hall–Kier alpha value is -2.67. The van der Waals surface area contributed by atoms with Gasteiger partial charge in [0.15, 0.2) is 11.6 Å². The topological polar surface area (TPSA) is 65.4 Å². The number of hydrogen-bond acceptors (Lipinski definition) is 4. The molecule has 1 aliphatic heterocycles. The monoisotopic (exact) mass is 345 g/mol. The fraction of sp³-hybridized carbons (Fsp3) is 0.333. The van der Waals surface area contributed by atoms with E-state index < -0.39 is 5.82 Å². The Labute approximate surface area is 145 Å². The average molecular weight is 345 g/mol. The van der Waals surface area contributed by atoms with Gasteiger partial charge < -0.3 is 14.8 Å². The Morgan fingerprint density at radius 2 is 2.32 bits per heavy atom. The molecule has 0 spiro atoms. The maximum Gasteiger partial charge on any atom is 0.244 e. The van der Waals surface area contributed by atoms with Gasteiger partial charge in [-0.1, -0.05) is 6.07 Å². The minimum Gasteiger partial charge on any atom is -0.494 e. The molecule has 3 rings (SSSR count). The number of benzene rings is 1. The second-order valence-electron chi connectivity index (χ2n) is 5.80. The lowest BCUT2D eigenvalue weighted by Crippen LogP contribution is -2.36. The third kappa shape index (κ3) is 3.88. The smallest absolute Gasteiger partial charge is 0.244 e. The van der Waals surface area contributed by atoms with Gasteiger partial charge in [-0.05, 0) is 36.3 Å². The van der Waals surface area contributed by atoms with Crippen molar-refractivity contribution in [3.8, 4) is 5.75 Å². The van der Waals surface area contributed by atoms with Crippen molar-refractivity contribution < 1.29 is 18.7 Å². The summed E-state index contributed by atoms with van der Waals surface area (Å²) in [6, 6.07) is 6.19. The van der Waals surface area contributed by atoms with Gasteiger partial charge in [-0.3, -0.25) is 9.48 Å². The van der Waals surface area contributed by atoms with Crippen LogP contribution in [0, 0.1) is 5.82 Å². The Morgan fingerprint density at radius 3 is 3.04 bits per heavy atom. The largest absolute Gasteiger partial charge is 0.494 e. The van der Waals surface area contributed by atoms with Crippen LogP contribution in [0.1, 0.15) is 23.8 Å². The molecule has 0 aliphatic carbocycles. The van der Waals surface area contributed by atoms with Gasteiger partial charge in [-0.15, -0.1) is 0 Å². The molecule has 2 atom stereocenters. The molecule has 1 aliphatic rings. The van der Waals surface area contributed by atoms with Crippen LogP contribution >= 0.6 is 0 Å². The minimum absolute atomic E-state index is 0.115. The lowest BCUT2D eigenvalue weighted by atomic mass is 10.1. The van der Waals surface area contributed by atoms with Gasteiger partial charge in [0.1, 0.15) is 6.10 Å². The van der Waals surface area contributed by atoms with Crippen LogP contribution in [-0.2, 0) is 16.6 Å². The normalized spacial score (nSPS) is 20.1. The molecular formula is C18H20FN3O3. The number of aromatic nitrogens is 2. The van der Waals surface area contributed by atoms with Gasteiger partial charge in [0.2, 0.25) is 5.91 Å². The molecule has 6 nitrogen and oxygen atoms in total. The van der Waals surface area contributed by atoms with Crippen LogP contribution in [0.25, 0.3) is 6.08 Å². The van der Waals surface area contributed by atoms with Crippen LogP contribution in [0.5, 0.6) is 5.75 Å². The number of amides is 1. The van der Waals surface area contributed by atoms with E-state index in [1.54, 1.807) is 23.0 Å². The third-order valence-electron chi connectivity index (χ3n) is 4.17. The zero-order chi connectivity index (χ0) is 17.8. The molecule has 1 amide bonds. The van der Waals surface area contributed by atoms with Crippen molar-refractivity contribution in [3.63, 3.8) is 0 Å². The number of aryl methyl sites for hydroxylation is 1. The summed E-state index contributed by atoms with van der Waals surface area (Å²) in [5.41, 5.74) is 1.61. The molecule has 0 unspecified atom stereocenters. The number of carbonyl (C=O) groups is 1. The zero-order valence-corrected chi connectivity index (χ0v) is 14.1. The predicted octanol–water partition coefficient (Wildman–Crippen LogP) is 2.23. The number of nitrogens with zero attached hydrogens (tertiary/aromatic N) is 2. The first-order valence-corrected chi connectivity index (χ1v) is 8.00. The number of halogens is 1. The first kappa shape index (κ1) is 17.2. The van der Waals surface area contributed by atoms with Crippen molar-refractivity contribution >= 4 is 12.0 Å². The molecule has 1 saturated heterocycles. The zero-order valence-electron chi connectivity index (χ0n) is 14.1. The van der Waals surface area contributed by atoms with Crippen molar-refractivity contribution in [2.75, 3.05) is 13.7 Å². The second-order valence-corrected chi connectivity index (χ2v) is 5.80. The molecule has 25 heavy (non-hydrogen) atoms. The molecule has 0 saturated carbocycles. The molecular weight excluding hydrogens is 325 g/mol. The molecule has 2 heterocycles. The van der Waals surface area contributed by atoms with Gasteiger partial charge in [-0.25, -0.2) is 4.39 Å². The highest BCUT2D eigenvalue weighted by atomic mass is 19.1. The highest BCUT2D eigenvalue weighted by Gasteiger charge is 2.32. The number of ether oxygens (including phenoxy) is 2. The summed E-state index contributed by atoms with van der Waals surface area (Å²) in [7, 11) is 3.25. The number of carbonyl (C=O) groups excluding carboxylic acids is 1. The summed E-state index contributed by atoms with van der Waals surface area (Å²) in [6.45, 7) is 0.583. The van der Waals surface area contributed by atoms with Crippen LogP contribution in [0.2, 0.25) is 0 Å². The van der Waals surface area contributed by atoms with E-state index in [9.17, 15) is 9.18 Å². The van der Waals surface area contributed by atoms with E-state index in [2.05, 4.69) is 10.4 Å². The maximum absolute atomic E-state index is 13.4. The highest BCUT2D eigenvalue weighted by molar-refractivity contribution is 5.92. The summed E-state index contributed by atoms with van der Waals surface area (Å²) < 4.78 is 25.8. The summed E-state index contributed by atoms with van der Waals surface area (Å²) in [5.74, 6) is -0.528. The molecule has 1 N–H and O–H groups in total. The van der Waals surface area contributed by atoms with E-state index in [0.29, 0.717) is 12.2 Å². The Balaban J connectivity index is 1.65. The fourth-order valence-electron chi connectivity index (χ4n) is 2.87. The predicted molar refractivity (Wildman–Crippen MR) is 90.4 cm³/mol. The van der Waals surface area contributed by atoms with E-state index >= 15 is 0 Å². The van der Waals surface area contributed by atoms with Crippen LogP contribution in [0.15, 0.2) is 36.5 Å². The second kappa shape index (κ2) is 7.48. The summed E-state index contributed by atoms with van der Waals surface area (Å²) >= 11 is 0. The quantitative estimate of drug-likeness (QED) is 0.844. The fourth-order valence-corrected chi connectivity index (χ4v) is 2.87. The Bertz CT molecular complexity index is 788. The summed E-state index contributed by atoms with van der Waals surface area (Å²) in [4.78, 5) is 12.2. The molecule has 2 aromatic rings. The number of methoxy groups -OCH3 is 1. The molecule has 0 radical (unpaired) electrons. The molecule has 7 heteroatoms. The van der Waals surface area contributed by atoms with E-state index in [0.717, 1.165) is 12.1 Å². The van der Waals surface area contributed by atoms with Crippen LogP contribution < -0.4 is 10.1 Å². The molecule has 1 aromatic heterocycles. The van der Waals surface area contributed by atoms with Crippen LogP contribution in [0.3, 0.4) is 0 Å². The van der Waals surface area contributed by atoms with Crippen molar-refractivity contribution in [1.82, 2.24) is 15.1 Å². The SMILES string of the molecule is COc1cc(C=CC(=O)N[C@H]2CCO[C@@H]2c2ccnn2C)ccc1F. The first-order chi connectivity index (χ1) is 12.1. The number of rotatable bonds is 5. The minimum atomic E-state index is -0.439. The van der Waals surface area contributed by atoms with Crippen molar-refractivity contribution in [2.45, 2.75) is 18.6 Å². The van der Waals surface area contributed by atoms with Gasteiger partial charge >= 0.3 is 0 Å². The van der Waals surface area contributed by atoms with Crippen LogP contribution in [-0.4, -0.2) is 35.4 Å². The van der Waals surface area contributed by atoms with E-state index in [1.807, 2.05) is 13.1 Å². The van der Waals surface area contributed by atoms with Crippen molar-refractivity contribution in [3.05, 3.63) is 53.6 Å². The van der Waals surface area contributed by atoms with Gasteiger partial charge in [0.05, 0.1) is 18.8 Å². The Morgan fingerprint density at radius 1 is 1.48 bits per heavy atom. The Kier molecular flexibility index (Phi) is 5.14. The van der Waals surface area contributed by atoms with Crippen molar-refractivity contribution in [2.24, 2.45) is 7.05 Å². The van der Waals surface area contributed by atoms with Gasteiger partial charge in [-0.2, -0.15) is 5.10 Å². The molecule has 1 aromatic carbocycles. The number of nitrogens with one attached hydrogen (secondary N) is 1. The van der Waals surface area contributed by atoms with E-state index in [-0.39, 0.29) is 23.8 Å². The first-order valence-electron chi connectivity index (χ1n) is 8.00. The van der Waals surface area contributed by atoms with Crippen LogP contribution in [0.4, 0.5) is 4.39 Å². The lowest BCUT2D eigenvalue weighted by molar-refractivity contribution is -0.117. The van der Waals surface area contributed by atoms with E-state index in [1.165, 1.54) is 25.3 Å². The van der Waals surface area contributed by atoms with E-state index in [4.69, 9.17) is 9.47 Å². The summed E-state index contributed by atoms with van der Waals surface area (Å²) in [5, 5.41) is 7.10. The lowest BCUT2D eigenvalue weighted by Gasteiger charge is -2.19. The molecule has 1 fully saturated rings. The molecule has 132 valence electrons. The highest BCUT2D eigenvalue weighted by Crippen LogP contribution is 2.28. The molecule has 0 bridgehead atoms. The number of hydrogen-bond donors (Lipinski definition) is 1.